The van der Waals surface area contributed by atoms with E-state index in [4.69, 9.17) is 9.72 Å². The highest BCUT2D eigenvalue weighted by Crippen LogP contribution is 2.32. The van der Waals surface area contributed by atoms with Gasteiger partial charge in [0.1, 0.15) is 5.82 Å². The van der Waals surface area contributed by atoms with Gasteiger partial charge in [-0.05, 0) is 55.9 Å². The topological polar surface area (TPSA) is 38.2 Å². The molecule has 140 valence electrons. The van der Waals surface area contributed by atoms with Gasteiger partial charge < -0.3 is 9.64 Å². The molecular weight excluding hydrogens is 334 g/mol. The molecule has 4 heteroatoms. The number of aryl methyl sites for hydroxylation is 1. The first-order valence-electron chi connectivity index (χ1n) is 10.0. The van der Waals surface area contributed by atoms with E-state index in [1.165, 1.54) is 36.0 Å². The van der Waals surface area contributed by atoms with Gasteiger partial charge in [-0.3, -0.25) is 0 Å². The SMILES string of the molecule is CCCOc1nc(N2CCCCC2)c2cc(-c3cccc(C)c3)ccc2n1. The molecule has 0 radical (unpaired) electrons. The van der Waals surface area contributed by atoms with Crippen LogP contribution in [0, 0.1) is 6.92 Å². The number of nitrogens with zero attached hydrogens (tertiary/aromatic N) is 3. The zero-order chi connectivity index (χ0) is 18.6. The van der Waals surface area contributed by atoms with Crippen LogP contribution in [0.3, 0.4) is 0 Å². The first-order valence-corrected chi connectivity index (χ1v) is 10.0. The minimum absolute atomic E-state index is 0.494. The molecule has 0 saturated carbocycles. The molecule has 1 fully saturated rings. The lowest BCUT2D eigenvalue weighted by molar-refractivity contribution is 0.293. The maximum Gasteiger partial charge on any atom is 0.318 e. The van der Waals surface area contributed by atoms with Crippen LogP contribution in [0.15, 0.2) is 42.5 Å². The van der Waals surface area contributed by atoms with Crippen LogP contribution >= 0.6 is 0 Å². The third-order valence-corrected chi connectivity index (χ3v) is 5.10. The van der Waals surface area contributed by atoms with E-state index in [-0.39, 0.29) is 0 Å². The summed E-state index contributed by atoms with van der Waals surface area (Å²) in [5.74, 6) is 1.01. The van der Waals surface area contributed by atoms with Crippen molar-refractivity contribution in [2.45, 2.75) is 39.5 Å². The van der Waals surface area contributed by atoms with Crippen LogP contribution < -0.4 is 9.64 Å². The number of hydrogen-bond acceptors (Lipinski definition) is 4. The van der Waals surface area contributed by atoms with Crippen LogP contribution in [0.1, 0.15) is 38.2 Å². The molecule has 0 spiro atoms. The summed E-state index contributed by atoms with van der Waals surface area (Å²) in [6.45, 7) is 6.97. The summed E-state index contributed by atoms with van der Waals surface area (Å²) >= 11 is 0. The third-order valence-electron chi connectivity index (χ3n) is 5.10. The molecule has 1 aromatic heterocycles. The molecule has 2 aromatic carbocycles. The Labute approximate surface area is 161 Å². The lowest BCUT2D eigenvalue weighted by atomic mass is 10.0. The molecule has 4 rings (SSSR count). The average Bonchev–Trinajstić information content (AvgIpc) is 2.72. The molecule has 0 amide bonds. The van der Waals surface area contributed by atoms with E-state index < -0.39 is 0 Å². The molecule has 0 unspecified atom stereocenters. The monoisotopic (exact) mass is 361 g/mol. The Morgan fingerprint density at radius 2 is 1.78 bits per heavy atom. The summed E-state index contributed by atoms with van der Waals surface area (Å²) < 4.78 is 5.78. The lowest BCUT2D eigenvalue weighted by Crippen LogP contribution is -2.30. The Balaban J connectivity index is 1.82. The fraction of sp³-hybridized carbons (Fsp3) is 0.391. The van der Waals surface area contributed by atoms with Gasteiger partial charge in [0.05, 0.1) is 12.1 Å². The summed E-state index contributed by atoms with van der Waals surface area (Å²) in [4.78, 5) is 11.9. The Hall–Kier alpha value is -2.62. The van der Waals surface area contributed by atoms with Gasteiger partial charge in [0, 0.05) is 18.5 Å². The molecular formula is C23H27N3O. The van der Waals surface area contributed by atoms with Gasteiger partial charge in [-0.15, -0.1) is 0 Å². The molecule has 4 nitrogen and oxygen atoms in total. The fourth-order valence-corrected chi connectivity index (χ4v) is 3.70. The number of benzene rings is 2. The van der Waals surface area contributed by atoms with Crippen molar-refractivity contribution in [2.24, 2.45) is 0 Å². The number of ether oxygens (including phenoxy) is 1. The predicted octanol–water partition coefficient (Wildman–Crippen LogP) is 5.38. The van der Waals surface area contributed by atoms with E-state index >= 15 is 0 Å². The van der Waals surface area contributed by atoms with Gasteiger partial charge in [0.25, 0.3) is 0 Å². The van der Waals surface area contributed by atoms with Crippen LogP contribution in [0.2, 0.25) is 0 Å². The number of anilines is 1. The first kappa shape index (κ1) is 17.8. The molecule has 1 aliphatic heterocycles. The quantitative estimate of drug-likeness (QED) is 0.611. The fourth-order valence-electron chi connectivity index (χ4n) is 3.70. The zero-order valence-corrected chi connectivity index (χ0v) is 16.2. The minimum Gasteiger partial charge on any atom is -0.463 e. The highest BCUT2D eigenvalue weighted by molar-refractivity contribution is 5.93. The Morgan fingerprint density at radius 1 is 0.963 bits per heavy atom. The van der Waals surface area contributed by atoms with Gasteiger partial charge in [0.2, 0.25) is 0 Å². The number of aromatic nitrogens is 2. The molecule has 1 saturated heterocycles. The summed E-state index contributed by atoms with van der Waals surface area (Å²) in [7, 11) is 0. The van der Waals surface area contributed by atoms with Gasteiger partial charge in [-0.1, -0.05) is 42.8 Å². The molecule has 27 heavy (non-hydrogen) atoms. The standard InChI is InChI=1S/C23H27N3O/c1-3-14-27-23-24-21-11-10-19(18-9-7-8-17(2)15-18)16-20(21)22(25-23)26-12-5-4-6-13-26/h7-11,15-16H,3-6,12-14H2,1-2H3. The van der Waals surface area contributed by atoms with Crippen LogP contribution in [0.5, 0.6) is 6.01 Å². The zero-order valence-electron chi connectivity index (χ0n) is 16.2. The predicted molar refractivity (Wildman–Crippen MR) is 112 cm³/mol. The van der Waals surface area contributed by atoms with Crippen LogP contribution in [0.25, 0.3) is 22.0 Å². The normalized spacial score (nSPS) is 14.5. The first-order chi connectivity index (χ1) is 13.2. The summed E-state index contributed by atoms with van der Waals surface area (Å²) in [6, 6.07) is 15.6. The maximum atomic E-state index is 5.78. The molecule has 0 N–H and O–H groups in total. The number of piperidine rings is 1. The molecule has 1 aliphatic rings. The highest BCUT2D eigenvalue weighted by Gasteiger charge is 2.18. The van der Waals surface area contributed by atoms with Gasteiger partial charge in [-0.2, -0.15) is 9.97 Å². The van der Waals surface area contributed by atoms with Crippen molar-refractivity contribution in [1.82, 2.24) is 9.97 Å². The van der Waals surface area contributed by atoms with E-state index in [0.29, 0.717) is 12.6 Å². The summed E-state index contributed by atoms with van der Waals surface area (Å²) in [6.07, 6.45) is 4.68. The second-order valence-electron chi connectivity index (χ2n) is 7.33. The van der Waals surface area contributed by atoms with E-state index in [0.717, 1.165) is 36.2 Å². The lowest BCUT2D eigenvalue weighted by Gasteiger charge is -2.29. The Morgan fingerprint density at radius 3 is 2.56 bits per heavy atom. The van der Waals surface area contributed by atoms with Gasteiger partial charge >= 0.3 is 6.01 Å². The third kappa shape index (κ3) is 3.90. The second-order valence-corrected chi connectivity index (χ2v) is 7.33. The molecule has 3 aromatic rings. The average molecular weight is 361 g/mol. The molecule has 0 bridgehead atoms. The van der Waals surface area contributed by atoms with Gasteiger partial charge in [0.15, 0.2) is 0 Å². The van der Waals surface area contributed by atoms with E-state index in [9.17, 15) is 0 Å². The van der Waals surface area contributed by atoms with E-state index in [1.807, 2.05) is 0 Å². The van der Waals surface area contributed by atoms with Crippen molar-refractivity contribution in [3.63, 3.8) is 0 Å². The van der Waals surface area contributed by atoms with Crippen molar-refractivity contribution in [2.75, 3.05) is 24.6 Å². The van der Waals surface area contributed by atoms with Crippen molar-refractivity contribution in [3.8, 4) is 17.1 Å². The number of rotatable bonds is 5. The summed E-state index contributed by atoms with van der Waals surface area (Å²) in [5, 5.41) is 1.11. The Bertz CT molecular complexity index is 932. The largest absolute Gasteiger partial charge is 0.463 e. The van der Waals surface area contributed by atoms with Crippen molar-refractivity contribution < 1.29 is 4.74 Å². The second kappa shape index (κ2) is 7.95. The van der Waals surface area contributed by atoms with Crippen LogP contribution in [-0.2, 0) is 0 Å². The smallest absolute Gasteiger partial charge is 0.318 e. The molecule has 0 atom stereocenters. The van der Waals surface area contributed by atoms with Crippen molar-refractivity contribution in [3.05, 3.63) is 48.0 Å². The van der Waals surface area contributed by atoms with Crippen LogP contribution in [0.4, 0.5) is 5.82 Å². The highest BCUT2D eigenvalue weighted by atomic mass is 16.5. The molecule has 2 heterocycles. The van der Waals surface area contributed by atoms with E-state index in [1.54, 1.807) is 0 Å². The molecule has 0 aliphatic carbocycles. The number of fused-ring (bicyclic) bond motifs is 1. The van der Waals surface area contributed by atoms with Crippen LogP contribution in [-0.4, -0.2) is 29.7 Å². The van der Waals surface area contributed by atoms with Crippen molar-refractivity contribution in [1.29, 1.82) is 0 Å². The van der Waals surface area contributed by atoms with Gasteiger partial charge in [-0.25, -0.2) is 0 Å². The maximum absolute atomic E-state index is 5.78. The summed E-state index contributed by atoms with van der Waals surface area (Å²) in [5.41, 5.74) is 4.65. The number of hydrogen-bond donors (Lipinski definition) is 0. The Kier molecular flexibility index (Phi) is 5.23. The minimum atomic E-state index is 0.494. The van der Waals surface area contributed by atoms with Crippen molar-refractivity contribution >= 4 is 16.7 Å². The van der Waals surface area contributed by atoms with E-state index in [2.05, 4.69) is 66.2 Å².